The molecule has 0 bridgehead atoms. The lowest BCUT2D eigenvalue weighted by Gasteiger charge is -2.36. The van der Waals surface area contributed by atoms with Crippen LogP contribution in [0.25, 0.3) is 0 Å². The van der Waals surface area contributed by atoms with Crippen LogP contribution < -0.4 is 4.90 Å². The maximum absolute atomic E-state index is 11.4. The van der Waals surface area contributed by atoms with E-state index in [4.69, 9.17) is 0 Å². The molecule has 1 aromatic carbocycles. The second kappa shape index (κ2) is 6.54. The van der Waals surface area contributed by atoms with Crippen molar-refractivity contribution < 1.29 is 4.79 Å². The van der Waals surface area contributed by atoms with Crippen LogP contribution in [0.3, 0.4) is 0 Å². The van der Waals surface area contributed by atoms with Crippen molar-refractivity contribution in [1.29, 1.82) is 0 Å². The van der Waals surface area contributed by atoms with Crippen LogP contribution in [0.4, 0.5) is 5.69 Å². The first-order valence-electron chi connectivity index (χ1n) is 8.10. The van der Waals surface area contributed by atoms with Gasteiger partial charge in [-0.3, -0.25) is 14.4 Å². The Morgan fingerprint density at radius 3 is 2.30 bits per heavy atom. The molecule has 0 amide bonds. The minimum Gasteiger partial charge on any atom is -0.369 e. The summed E-state index contributed by atoms with van der Waals surface area (Å²) in [5.41, 5.74) is 4.53. The van der Waals surface area contributed by atoms with Gasteiger partial charge in [0, 0.05) is 51.0 Å². The maximum atomic E-state index is 11.4. The normalized spacial score (nSPS) is 15.9. The van der Waals surface area contributed by atoms with E-state index < -0.39 is 0 Å². The number of carbonyl (C=O) groups is 1. The van der Waals surface area contributed by atoms with Gasteiger partial charge in [0.2, 0.25) is 0 Å². The number of ketones is 1. The molecule has 23 heavy (non-hydrogen) atoms. The minimum atomic E-state index is 0.118. The molecule has 1 aromatic heterocycles. The largest absolute Gasteiger partial charge is 0.369 e. The topological polar surface area (TPSA) is 41.4 Å². The van der Waals surface area contributed by atoms with Gasteiger partial charge in [-0.15, -0.1) is 0 Å². The number of anilines is 1. The molecule has 1 saturated heterocycles. The molecular formula is C18H24N4O. The number of rotatable bonds is 4. The van der Waals surface area contributed by atoms with Crippen LogP contribution in [0.1, 0.15) is 28.5 Å². The van der Waals surface area contributed by atoms with Crippen molar-refractivity contribution in [3.63, 3.8) is 0 Å². The quantitative estimate of drug-likeness (QED) is 0.812. The Hall–Kier alpha value is -2.14. The van der Waals surface area contributed by atoms with E-state index in [0.29, 0.717) is 0 Å². The number of hydrogen-bond donors (Lipinski definition) is 0. The van der Waals surface area contributed by atoms with Crippen LogP contribution in [0.5, 0.6) is 0 Å². The van der Waals surface area contributed by atoms with Crippen molar-refractivity contribution >= 4 is 11.5 Å². The van der Waals surface area contributed by atoms with Crippen LogP contribution in [0.2, 0.25) is 0 Å². The molecule has 1 aliphatic heterocycles. The number of Topliss-reactive ketones (excluding diaryl/α,β-unsaturated/α-hetero) is 1. The van der Waals surface area contributed by atoms with Gasteiger partial charge in [0.1, 0.15) is 0 Å². The first-order valence-corrected chi connectivity index (χ1v) is 8.10. The van der Waals surface area contributed by atoms with E-state index in [0.717, 1.165) is 38.3 Å². The summed E-state index contributed by atoms with van der Waals surface area (Å²) in [6.07, 6.45) is 1.93. The van der Waals surface area contributed by atoms with Crippen molar-refractivity contribution in [3.05, 3.63) is 47.3 Å². The molecule has 122 valence electrons. The number of aromatic nitrogens is 2. The lowest BCUT2D eigenvalue weighted by atomic mass is 10.1. The third-order valence-corrected chi connectivity index (χ3v) is 4.66. The molecule has 5 heteroatoms. The minimum absolute atomic E-state index is 0.118. The zero-order valence-corrected chi connectivity index (χ0v) is 14.1. The Morgan fingerprint density at radius 1 is 1.13 bits per heavy atom. The first kappa shape index (κ1) is 15.7. The predicted molar refractivity (Wildman–Crippen MR) is 91.9 cm³/mol. The summed E-state index contributed by atoms with van der Waals surface area (Å²) in [7, 11) is 2.01. The Bertz CT molecular complexity index is 662. The van der Waals surface area contributed by atoms with E-state index >= 15 is 0 Å². The fourth-order valence-corrected chi connectivity index (χ4v) is 3.08. The number of piperazine rings is 1. The third kappa shape index (κ3) is 3.45. The molecule has 0 radical (unpaired) electrons. The first-order chi connectivity index (χ1) is 11.0. The highest BCUT2D eigenvalue weighted by Crippen LogP contribution is 2.19. The van der Waals surface area contributed by atoms with Crippen molar-refractivity contribution in [2.75, 3.05) is 31.1 Å². The Morgan fingerprint density at radius 2 is 1.78 bits per heavy atom. The average molecular weight is 312 g/mol. The molecule has 1 fully saturated rings. The second-order valence-corrected chi connectivity index (χ2v) is 6.26. The molecule has 0 aliphatic carbocycles. The molecule has 5 nitrogen and oxygen atoms in total. The molecule has 2 aromatic rings. The van der Waals surface area contributed by atoms with E-state index in [2.05, 4.69) is 34.0 Å². The number of nitrogens with zero attached hydrogens (tertiary/aromatic N) is 4. The van der Waals surface area contributed by atoms with Gasteiger partial charge in [0.25, 0.3) is 0 Å². The highest BCUT2D eigenvalue weighted by Gasteiger charge is 2.19. The van der Waals surface area contributed by atoms with Gasteiger partial charge in [-0.25, -0.2) is 0 Å². The molecule has 1 aliphatic rings. The molecule has 0 spiro atoms. The molecule has 2 heterocycles. The van der Waals surface area contributed by atoms with Crippen LogP contribution in [0, 0.1) is 6.92 Å². The smallest absolute Gasteiger partial charge is 0.159 e. The third-order valence-electron chi connectivity index (χ3n) is 4.66. The molecule has 0 unspecified atom stereocenters. The molecule has 0 N–H and O–H groups in total. The van der Waals surface area contributed by atoms with E-state index in [-0.39, 0.29) is 5.78 Å². The number of aryl methyl sites for hydroxylation is 2. The summed E-state index contributed by atoms with van der Waals surface area (Å²) < 4.78 is 1.97. The molecular weight excluding hydrogens is 288 g/mol. The highest BCUT2D eigenvalue weighted by atomic mass is 16.1. The Labute approximate surface area is 137 Å². The Kier molecular flexibility index (Phi) is 4.48. The van der Waals surface area contributed by atoms with Gasteiger partial charge in [-0.2, -0.15) is 5.10 Å². The van der Waals surface area contributed by atoms with Crippen LogP contribution in [-0.4, -0.2) is 46.6 Å². The number of hydrogen-bond acceptors (Lipinski definition) is 4. The SMILES string of the molecule is CC(=O)c1ccc(N2CCN(Cc3c(C)cnn3C)CC2)cc1. The lowest BCUT2D eigenvalue weighted by Crippen LogP contribution is -2.46. The monoisotopic (exact) mass is 312 g/mol. The van der Waals surface area contributed by atoms with Crippen molar-refractivity contribution in [2.45, 2.75) is 20.4 Å². The van der Waals surface area contributed by atoms with Gasteiger partial charge in [0.05, 0.1) is 11.9 Å². The Balaban J connectivity index is 1.59. The van der Waals surface area contributed by atoms with E-state index in [1.807, 2.05) is 30.1 Å². The van der Waals surface area contributed by atoms with Gasteiger partial charge in [0.15, 0.2) is 5.78 Å². The van der Waals surface area contributed by atoms with Crippen molar-refractivity contribution in [3.8, 4) is 0 Å². The fourth-order valence-electron chi connectivity index (χ4n) is 3.08. The second-order valence-electron chi connectivity index (χ2n) is 6.26. The van der Waals surface area contributed by atoms with Gasteiger partial charge in [-0.05, 0) is 43.7 Å². The lowest BCUT2D eigenvalue weighted by molar-refractivity contribution is 0.101. The van der Waals surface area contributed by atoms with Gasteiger partial charge in [-0.1, -0.05) is 0 Å². The average Bonchev–Trinajstić information content (AvgIpc) is 2.87. The summed E-state index contributed by atoms with van der Waals surface area (Å²) >= 11 is 0. The summed E-state index contributed by atoms with van der Waals surface area (Å²) in [4.78, 5) is 16.2. The summed E-state index contributed by atoms with van der Waals surface area (Å²) in [6.45, 7) is 8.79. The van der Waals surface area contributed by atoms with Crippen LogP contribution >= 0.6 is 0 Å². The highest BCUT2D eigenvalue weighted by molar-refractivity contribution is 5.94. The van der Waals surface area contributed by atoms with Crippen LogP contribution in [0.15, 0.2) is 30.5 Å². The maximum Gasteiger partial charge on any atom is 0.159 e. The van der Waals surface area contributed by atoms with E-state index in [1.165, 1.54) is 16.9 Å². The number of benzene rings is 1. The van der Waals surface area contributed by atoms with Crippen LogP contribution in [-0.2, 0) is 13.6 Å². The van der Waals surface area contributed by atoms with E-state index in [9.17, 15) is 4.79 Å². The van der Waals surface area contributed by atoms with Crippen molar-refractivity contribution in [2.24, 2.45) is 7.05 Å². The van der Waals surface area contributed by atoms with E-state index in [1.54, 1.807) is 6.92 Å². The number of carbonyl (C=O) groups excluding carboxylic acids is 1. The molecule has 0 atom stereocenters. The van der Waals surface area contributed by atoms with Crippen molar-refractivity contribution in [1.82, 2.24) is 14.7 Å². The summed E-state index contributed by atoms with van der Waals surface area (Å²) in [5.74, 6) is 0.118. The zero-order valence-electron chi connectivity index (χ0n) is 14.1. The fraction of sp³-hybridized carbons (Fsp3) is 0.444. The summed E-state index contributed by atoms with van der Waals surface area (Å²) in [6, 6.07) is 7.95. The zero-order chi connectivity index (χ0) is 16.4. The van der Waals surface area contributed by atoms with Gasteiger partial charge < -0.3 is 4.90 Å². The predicted octanol–water partition coefficient (Wildman–Crippen LogP) is 2.25. The van der Waals surface area contributed by atoms with Gasteiger partial charge >= 0.3 is 0 Å². The summed E-state index contributed by atoms with van der Waals surface area (Å²) in [5, 5.41) is 4.32. The molecule has 0 saturated carbocycles. The molecule has 3 rings (SSSR count). The standard InChI is InChI=1S/C18H24N4O/c1-14-12-19-20(3)18(14)13-21-8-10-22(11-9-21)17-6-4-16(5-7-17)15(2)23/h4-7,12H,8-11,13H2,1-3H3.